The molecule has 2 rings (SSSR count). The minimum Gasteiger partial charge on any atom is -0.371 e. The van der Waals surface area contributed by atoms with Crippen molar-refractivity contribution in [3.63, 3.8) is 0 Å². The first-order valence-corrected chi connectivity index (χ1v) is 8.48. The highest BCUT2D eigenvalue weighted by Crippen LogP contribution is 2.31. The monoisotopic (exact) mass is 297 g/mol. The largest absolute Gasteiger partial charge is 0.371 e. The van der Waals surface area contributed by atoms with Gasteiger partial charge in [-0.2, -0.15) is 0 Å². The zero-order valence-electron chi connectivity index (χ0n) is 12.4. The number of hydrogen-bond donors (Lipinski definition) is 0. The molecule has 6 heteroatoms. The summed E-state index contributed by atoms with van der Waals surface area (Å²) >= 11 is 0. The molecule has 0 aliphatic carbocycles. The van der Waals surface area contributed by atoms with Gasteiger partial charge >= 0.3 is 0 Å². The van der Waals surface area contributed by atoms with Crippen molar-refractivity contribution < 1.29 is 8.42 Å². The van der Waals surface area contributed by atoms with Gasteiger partial charge in [-0.25, -0.2) is 12.7 Å². The van der Waals surface area contributed by atoms with Crippen LogP contribution in [0.3, 0.4) is 0 Å². The van der Waals surface area contributed by atoms with Gasteiger partial charge in [-0.3, -0.25) is 0 Å². The molecule has 0 N–H and O–H groups in total. The van der Waals surface area contributed by atoms with E-state index in [4.69, 9.17) is 0 Å². The summed E-state index contributed by atoms with van der Waals surface area (Å²) in [5.41, 5.74) is 2.41. The molecule has 1 aliphatic rings. The first-order valence-electron chi connectivity index (χ1n) is 6.87. The summed E-state index contributed by atoms with van der Waals surface area (Å²) in [6.45, 7) is 2.69. The lowest BCUT2D eigenvalue weighted by Gasteiger charge is -2.37. The van der Waals surface area contributed by atoms with E-state index in [1.165, 1.54) is 15.7 Å². The van der Waals surface area contributed by atoms with E-state index in [0.717, 1.165) is 19.6 Å². The number of fused-ring (bicyclic) bond motifs is 1. The molecular weight excluding hydrogens is 274 g/mol. The lowest BCUT2D eigenvalue weighted by molar-refractivity contribution is 0.518. The van der Waals surface area contributed by atoms with Crippen molar-refractivity contribution in [3.8, 4) is 0 Å². The maximum atomic E-state index is 11.8. The van der Waals surface area contributed by atoms with Gasteiger partial charge in [0.2, 0.25) is 10.0 Å². The van der Waals surface area contributed by atoms with Crippen LogP contribution in [0.2, 0.25) is 0 Å². The van der Waals surface area contributed by atoms with Gasteiger partial charge in [0, 0.05) is 40.8 Å². The molecule has 0 radical (unpaired) electrons. The molecule has 1 aromatic rings. The Hall–Kier alpha value is -1.27. The van der Waals surface area contributed by atoms with E-state index < -0.39 is 10.0 Å². The molecule has 1 heterocycles. The van der Waals surface area contributed by atoms with Crippen molar-refractivity contribution in [3.05, 3.63) is 24.3 Å². The SMILES string of the molecule is CN1CCN(CCCS(=O)(=O)N(C)C)c2ccccc21. The van der Waals surface area contributed by atoms with Gasteiger partial charge in [0.25, 0.3) is 0 Å². The second-order valence-corrected chi connectivity index (χ2v) is 7.65. The first-order chi connectivity index (χ1) is 9.42. The molecule has 0 saturated carbocycles. The molecule has 0 bridgehead atoms. The minimum absolute atomic E-state index is 0.203. The second-order valence-electron chi connectivity index (χ2n) is 5.35. The highest BCUT2D eigenvalue weighted by Gasteiger charge is 2.20. The highest BCUT2D eigenvalue weighted by atomic mass is 32.2. The van der Waals surface area contributed by atoms with Gasteiger partial charge in [0.1, 0.15) is 0 Å². The van der Waals surface area contributed by atoms with E-state index in [9.17, 15) is 8.42 Å². The smallest absolute Gasteiger partial charge is 0.213 e. The third-order valence-electron chi connectivity index (χ3n) is 3.73. The van der Waals surface area contributed by atoms with Gasteiger partial charge in [0.15, 0.2) is 0 Å². The van der Waals surface area contributed by atoms with Crippen molar-refractivity contribution in [2.24, 2.45) is 0 Å². The molecule has 0 spiro atoms. The average molecular weight is 297 g/mol. The lowest BCUT2D eigenvalue weighted by atomic mass is 10.1. The number of sulfonamides is 1. The van der Waals surface area contributed by atoms with E-state index >= 15 is 0 Å². The summed E-state index contributed by atoms with van der Waals surface area (Å²) in [5.74, 6) is 0.203. The Balaban J connectivity index is 2.00. The number of hydrogen-bond acceptors (Lipinski definition) is 4. The number of nitrogens with zero attached hydrogens (tertiary/aromatic N) is 3. The van der Waals surface area contributed by atoms with Gasteiger partial charge in [-0.1, -0.05) is 12.1 Å². The maximum Gasteiger partial charge on any atom is 0.213 e. The Labute approximate surface area is 121 Å². The van der Waals surface area contributed by atoms with Crippen molar-refractivity contribution in [1.82, 2.24) is 4.31 Å². The van der Waals surface area contributed by atoms with E-state index in [1.54, 1.807) is 14.1 Å². The number of para-hydroxylation sites is 2. The Morgan fingerprint density at radius 3 is 2.45 bits per heavy atom. The first kappa shape index (κ1) is 15.1. The Kier molecular flexibility index (Phi) is 4.55. The number of anilines is 2. The van der Waals surface area contributed by atoms with Crippen LogP contribution in [0.15, 0.2) is 24.3 Å². The predicted molar refractivity (Wildman–Crippen MR) is 84.0 cm³/mol. The summed E-state index contributed by atoms with van der Waals surface area (Å²) in [5, 5.41) is 0. The van der Waals surface area contributed by atoms with Crippen LogP contribution in [0.4, 0.5) is 11.4 Å². The normalized spacial score (nSPS) is 15.6. The molecule has 0 saturated heterocycles. The van der Waals surface area contributed by atoms with E-state index in [1.807, 2.05) is 12.1 Å². The van der Waals surface area contributed by atoms with Crippen LogP contribution in [-0.2, 0) is 10.0 Å². The molecule has 5 nitrogen and oxygen atoms in total. The zero-order valence-corrected chi connectivity index (χ0v) is 13.2. The quantitative estimate of drug-likeness (QED) is 0.820. The minimum atomic E-state index is -3.09. The van der Waals surface area contributed by atoms with Gasteiger partial charge in [-0.05, 0) is 18.6 Å². The fourth-order valence-electron chi connectivity index (χ4n) is 2.42. The summed E-state index contributed by atoms with van der Waals surface area (Å²) in [6, 6.07) is 8.28. The summed E-state index contributed by atoms with van der Waals surface area (Å²) in [6.07, 6.45) is 0.651. The van der Waals surface area contributed by atoms with Crippen LogP contribution in [-0.4, -0.2) is 59.3 Å². The van der Waals surface area contributed by atoms with E-state index in [-0.39, 0.29) is 5.75 Å². The van der Waals surface area contributed by atoms with Gasteiger partial charge in [0.05, 0.1) is 17.1 Å². The molecule has 20 heavy (non-hydrogen) atoms. The molecular formula is C14H23N3O2S. The van der Waals surface area contributed by atoms with Crippen LogP contribution < -0.4 is 9.80 Å². The number of rotatable bonds is 5. The van der Waals surface area contributed by atoms with Gasteiger partial charge in [-0.15, -0.1) is 0 Å². The van der Waals surface area contributed by atoms with Crippen molar-refractivity contribution in [1.29, 1.82) is 0 Å². The standard InChI is InChI=1S/C14H23N3O2S/c1-15(2)20(18,19)12-6-9-17-11-10-16(3)13-7-4-5-8-14(13)17/h4-5,7-8H,6,9-12H2,1-3H3. The molecule has 0 unspecified atom stereocenters. The number of likely N-dealkylation sites (N-methyl/N-ethyl adjacent to an activating group) is 1. The fourth-order valence-corrected chi connectivity index (χ4v) is 3.28. The van der Waals surface area contributed by atoms with Crippen molar-refractivity contribution >= 4 is 21.4 Å². The van der Waals surface area contributed by atoms with Crippen molar-refractivity contribution in [2.75, 3.05) is 56.3 Å². The Morgan fingerprint density at radius 1 is 1.15 bits per heavy atom. The van der Waals surface area contributed by atoms with E-state index in [0.29, 0.717) is 6.42 Å². The molecule has 0 amide bonds. The average Bonchev–Trinajstić information content (AvgIpc) is 2.41. The summed E-state index contributed by atoms with van der Waals surface area (Å²) in [4.78, 5) is 4.52. The maximum absolute atomic E-state index is 11.8. The third-order valence-corrected chi connectivity index (χ3v) is 5.64. The second kappa shape index (κ2) is 6.01. The summed E-state index contributed by atoms with van der Waals surface area (Å²) in [7, 11) is 2.17. The van der Waals surface area contributed by atoms with Crippen molar-refractivity contribution in [2.45, 2.75) is 6.42 Å². The third kappa shape index (κ3) is 3.24. The van der Waals surface area contributed by atoms with Gasteiger partial charge < -0.3 is 9.80 Å². The Bertz CT molecular complexity index is 557. The summed E-state index contributed by atoms with van der Waals surface area (Å²) < 4.78 is 24.8. The molecule has 0 fully saturated rings. The zero-order chi connectivity index (χ0) is 14.8. The molecule has 112 valence electrons. The van der Waals surface area contributed by atoms with Crippen LogP contribution in [0.5, 0.6) is 0 Å². The molecule has 0 atom stereocenters. The van der Waals surface area contributed by atoms with Crippen LogP contribution in [0.25, 0.3) is 0 Å². The molecule has 1 aliphatic heterocycles. The molecule has 0 aromatic heterocycles. The Morgan fingerprint density at radius 2 is 1.80 bits per heavy atom. The predicted octanol–water partition coefficient (Wildman–Crippen LogP) is 1.22. The van der Waals surface area contributed by atoms with Crippen LogP contribution >= 0.6 is 0 Å². The molecule has 1 aromatic carbocycles. The van der Waals surface area contributed by atoms with Crippen LogP contribution in [0.1, 0.15) is 6.42 Å². The highest BCUT2D eigenvalue weighted by molar-refractivity contribution is 7.89. The fraction of sp³-hybridized carbons (Fsp3) is 0.571. The number of benzene rings is 1. The lowest BCUT2D eigenvalue weighted by Crippen LogP contribution is -2.40. The van der Waals surface area contributed by atoms with Crippen LogP contribution in [0, 0.1) is 0 Å². The topological polar surface area (TPSA) is 43.9 Å². The van der Waals surface area contributed by atoms with E-state index in [2.05, 4.69) is 29.0 Å².